The van der Waals surface area contributed by atoms with E-state index in [9.17, 15) is 9.90 Å². The molecule has 1 fully saturated rings. The minimum Gasteiger partial charge on any atom is -0.391 e. The second-order valence-electron chi connectivity index (χ2n) is 5.62. The SMILES string of the molecule is CCC(C)C(O)CNC(=O)C1CC(C)OC(C)C1. The Morgan fingerprint density at radius 1 is 1.39 bits per heavy atom. The molecule has 0 spiro atoms. The molecule has 0 aromatic heterocycles. The molecule has 18 heavy (non-hydrogen) atoms. The summed E-state index contributed by atoms with van der Waals surface area (Å²) in [5.74, 6) is 0.296. The van der Waals surface area contributed by atoms with Crippen molar-refractivity contribution in [2.24, 2.45) is 11.8 Å². The summed E-state index contributed by atoms with van der Waals surface area (Å²) in [6, 6.07) is 0. The fourth-order valence-electron chi connectivity index (χ4n) is 2.44. The summed E-state index contributed by atoms with van der Waals surface area (Å²) in [5.41, 5.74) is 0. The zero-order chi connectivity index (χ0) is 13.7. The second-order valence-corrected chi connectivity index (χ2v) is 5.62. The minimum atomic E-state index is -0.450. The van der Waals surface area contributed by atoms with Crippen LogP contribution in [0.5, 0.6) is 0 Å². The van der Waals surface area contributed by atoms with E-state index in [1.165, 1.54) is 0 Å². The van der Waals surface area contributed by atoms with E-state index in [0.29, 0.717) is 6.54 Å². The van der Waals surface area contributed by atoms with Gasteiger partial charge in [-0.3, -0.25) is 4.79 Å². The van der Waals surface area contributed by atoms with Gasteiger partial charge in [-0.15, -0.1) is 0 Å². The Labute approximate surface area is 110 Å². The Morgan fingerprint density at radius 3 is 2.44 bits per heavy atom. The topological polar surface area (TPSA) is 58.6 Å². The summed E-state index contributed by atoms with van der Waals surface area (Å²) in [4.78, 5) is 12.0. The van der Waals surface area contributed by atoms with Gasteiger partial charge in [-0.25, -0.2) is 0 Å². The molecule has 0 aliphatic carbocycles. The Bertz CT molecular complexity index is 260. The Kier molecular flexibility index (Phi) is 6.09. The molecule has 0 aromatic carbocycles. The van der Waals surface area contributed by atoms with Gasteiger partial charge in [-0.1, -0.05) is 20.3 Å². The summed E-state index contributed by atoms with van der Waals surface area (Å²) in [7, 11) is 0. The number of carbonyl (C=O) groups is 1. The van der Waals surface area contributed by atoms with Crippen molar-refractivity contribution in [3.8, 4) is 0 Å². The van der Waals surface area contributed by atoms with E-state index in [-0.39, 0.29) is 30.0 Å². The van der Waals surface area contributed by atoms with E-state index in [1.807, 2.05) is 27.7 Å². The van der Waals surface area contributed by atoms with E-state index >= 15 is 0 Å². The van der Waals surface area contributed by atoms with Crippen molar-refractivity contribution >= 4 is 5.91 Å². The van der Waals surface area contributed by atoms with Crippen molar-refractivity contribution in [2.45, 2.75) is 65.3 Å². The van der Waals surface area contributed by atoms with E-state index in [2.05, 4.69) is 5.32 Å². The van der Waals surface area contributed by atoms with Gasteiger partial charge in [0, 0.05) is 12.5 Å². The fourth-order valence-corrected chi connectivity index (χ4v) is 2.44. The molecule has 106 valence electrons. The lowest BCUT2D eigenvalue weighted by Gasteiger charge is -2.31. The van der Waals surface area contributed by atoms with Crippen LogP contribution in [0.1, 0.15) is 47.0 Å². The average molecular weight is 257 g/mol. The highest BCUT2D eigenvalue weighted by Crippen LogP contribution is 2.24. The maximum atomic E-state index is 12.0. The van der Waals surface area contributed by atoms with Crippen molar-refractivity contribution in [3.63, 3.8) is 0 Å². The first kappa shape index (κ1) is 15.4. The van der Waals surface area contributed by atoms with Crippen LogP contribution in [0, 0.1) is 11.8 Å². The monoisotopic (exact) mass is 257 g/mol. The standard InChI is InChI=1S/C14H27NO3/c1-5-9(2)13(16)8-15-14(17)12-6-10(3)18-11(4)7-12/h9-13,16H,5-8H2,1-4H3,(H,15,17). The number of carbonyl (C=O) groups excluding carboxylic acids is 1. The lowest BCUT2D eigenvalue weighted by Crippen LogP contribution is -2.42. The highest BCUT2D eigenvalue weighted by atomic mass is 16.5. The molecule has 4 atom stereocenters. The molecule has 1 heterocycles. The predicted molar refractivity (Wildman–Crippen MR) is 71.2 cm³/mol. The fraction of sp³-hybridized carbons (Fsp3) is 0.929. The van der Waals surface area contributed by atoms with E-state index in [4.69, 9.17) is 4.74 Å². The molecule has 1 aliphatic rings. The Hall–Kier alpha value is -0.610. The number of ether oxygens (including phenoxy) is 1. The molecule has 0 bridgehead atoms. The third kappa shape index (κ3) is 4.58. The summed E-state index contributed by atoms with van der Waals surface area (Å²) in [6.45, 7) is 8.40. The van der Waals surface area contributed by atoms with Gasteiger partial charge in [-0.05, 0) is 32.6 Å². The third-order valence-corrected chi connectivity index (χ3v) is 3.85. The molecule has 1 saturated heterocycles. The van der Waals surface area contributed by atoms with Gasteiger partial charge in [0.1, 0.15) is 0 Å². The molecule has 4 nitrogen and oxygen atoms in total. The first-order valence-electron chi connectivity index (χ1n) is 7.05. The van der Waals surface area contributed by atoms with Crippen LogP contribution in [-0.2, 0) is 9.53 Å². The molecule has 0 radical (unpaired) electrons. The molecule has 1 amide bonds. The largest absolute Gasteiger partial charge is 0.391 e. The minimum absolute atomic E-state index is 0.0212. The van der Waals surface area contributed by atoms with Gasteiger partial charge in [-0.2, -0.15) is 0 Å². The summed E-state index contributed by atoms with van der Waals surface area (Å²) in [5, 5.41) is 12.7. The predicted octanol–water partition coefficient (Wildman–Crippen LogP) is 1.71. The summed E-state index contributed by atoms with van der Waals surface area (Å²) < 4.78 is 5.62. The van der Waals surface area contributed by atoms with Crippen molar-refractivity contribution in [3.05, 3.63) is 0 Å². The van der Waals surface area contributed by atoms with Crippen LogP contribution in [0.25, 0.3) is 0 Å². The first-order chi connectivity index (χ1) is 8.43. The number of hydrogen-bond acceptors (Lipinski definition) is 3. The second kappa shape index (κ2) is 7.10. The van der Waals surface area contributed by atoms with E-state index < -0.39 is 6.10 Å². The van der Waals surface area contributed by atoms with Crippen LogP contribution in [0.3, 0.4) is 0 Å². The third-order valence-electron chi connectivity index (χ3n) is 3.85. The maximum absolute atomic E-state index is 12.0. The zero-order valence-electron chi connectivity index (χ0n) is 12.0. The van der Waals surface area contributed by atoms with E-state index in [0.717, 1.165) is 19.3 Å². The van der Waals surface area contributed by atoms with Crippen molar-refractivity contribution in [2.75, 3.05) is 6.54 Å². The van der Waals surface area contributed by atoms with Gasteiger partial charge in [0.25, 0.3) is 0 Å². The van der Waals surface area contributed by atoms with Crippen molar-refractivity contribution < 1.29 is 14.6 Å². The van der Waals surface area contributed by atoms with Crippen LogP contribution in [0.4, 0.5) is 0 Å². The van der Waals surface area contributed by atoms with Crippen molar-refractivity contribution in [1.29, 1.82) is 0 Å². The quantitative estimate of drug-likeness (QED) is 0.788. The molecule has 4 heteroatoms. The summed E-state index contributed by atoms with van der Waals surface area (Å²) >= 11 is 0. The van der Waals surface area contributed by atoms with Crippen LogP contribution >= 0.6 is 0 Å². The number of aliphatic hydroxyl groups is 1. The lowest BCUT2D eigenvalue weighted by molar-refractivity contribution is -0.133. The van der Waals surface area contributed by atoms with Gasteiger partial charge < -0.3 is 15.2 Å². The van der Waals surface area contributed by atoms with Gasteiger partial charge in [0.2, 0.25) is 5.91 Å². The Morgan fingerprint density at radius 2 is 1.94 bits per heavy atom. The molecule has 1 aliphatic heterocycles. The molecule has 4 unspecified atom stereocenters. The first-order valence-corrected chi connectivity index (χ1v) is 7.05. The van der Waals surface area contributed by atoms with Gasteiger partial charge in [0.15, 0.2) is 0 Å². The molecular weight excluding hydrogens is 230 g/mol. The van der Waals surface area contributed by atoms with Crippen LogP contribution in [0.15, 0.2) is 0 Å². The Balaban J connectivity index is 2.36. The molecule has 1 rings (SSSR count). The molecular formula is C14H27NO3. The average Bonchev–Trinajstić information content (AvgIpc) is 2.33. The zero-order valence-corrected chi connectivity index (χ0v) is 12.0. The number of rotatable bonds is 5. The maximum Gasteiger partial charge on any atom is 0.223 e. The van der Waals surface area contributed by atoms with Crippen LogP contribution in [0.2, 0.25) is 0 Å². The van der Waals surface area contributed by atoms with E-state index in [1.54, 1.807) is 0 Å². The molecule has 0 saturated carbocycles. The highest BCUT2D eigenvalue weighted by molar-refractivity contribution is 5.78. The number of amides is 1. The van der Waals surface area contributed by atoms with Crippen LogP contribution < -0.4 is 5.32 Å². The highest BCUT2D eigenvalue weighted by Gasteiger charge is 2.29. The van der Waals surface area contributed by atoms with Crippen LogP contribution in [-0.4, -0.2) is 35.9 Å². The smallest absolute Gasteiger partial charge is 0.223 e. The lowest BCUT2D eigenvalue weighted by atomic mass is 9.91. The molecule has 2 N–H and O–H groups in total. The van der Waals surface area contributed by atoms with Gasteiger partial charge >= 0.3 is 0 Å². The van der Waals surface area contributed by atoms with Gasteiger partial charge in [0.05, 0.1) is 18.3 Å². The molecule has 0 aromatic rings. The summed E-state index contributed by atoms with van der Waals surface area (Å²) in [6.07, 6.45) is 2.30. The normalized spacial score (nSPS) is 31.7. The number of hydrogen-bond donors (Lipinski definition) is 2. The van der Waals surface area contributed by atoms with Crippen molar-refractivity contribution in [1.82, 2.24) is 5.32 Å². The number of nitrogens with one attached hydrogen (secondary N) is 1. The number of aliphatic hydroxyl groups excluding tert-OH is 1.